The van der Waals surface area contributed by atoms with Crippen LogP contribution in [0.25, 0.3) is 0 Å². The zero-order valence-corrected chi connectivity index (χ0v) is 11.9. The number of nitrogens with one attached hydrogen (secondary N) is 1. The van der Waals surface area contributed by atoms with Gasteiger partial charge in [-0.1, -0.05) is 30.7 Å². The molecule has 1 aromatic carbocycles. The van der Waals surface area contributed by atoms with E-state index in [4.69, 9.17) is 4.74 Å². The third-order valence-electron chi connectivity index (χ3n) is 4.89. The lowest BCUT2D eigenvalue weighted by Gasteiger charge is -2.32. The molecule has 0 spiro atoms. The third-order valence-corrected chi connectivity index (χ3v) is 4.89. The largest absolute Gasteiger partial charge is 0.381 e. The molecular formula is C17H25NO. The molecule has 0 radical (unpaired) electrons. The van der Waals surface area contributed by atoms with E-state index < -0.39 is 0 Å². The molecule has 1 unspecified atom stereocenters. The molecule has 0 bridgehead atoms. The number of hydrogen-bond donors (Lipinski definition) is 1. The Kier molecular flexibility index (Phi) is 4.19. The topological polar surface area (TPSA) is 21.3 Å². The summed E-state index contributed by atoms with van der Waals surface area (Å²) < 4.78 is 5.49. The summed E-state index contributed by atoms with van der Waals surface area (Å²) in [7, 11) is 2.09. The molecule has 2 nitrogen and oxygen atoms in total. The second kappa shape index (κ2) is 6.06. The van der Waals surface area contributed by atoms with Crippen molar-refractivity contribution in [3.63, 3.8) is 0 Å². The Hall–Kier alpha value is -0.860. The number of ether oxygens (including phenoxy) is 1. The molecule has 2 heteroatoms. The van der Waals surface area contributed by atoms with E-state index in [1.54, 1.807) is 5.56 Å². The van der Waals surface area contributed by atoms with E-state index in [1.807, 2.05) is 0 Å². The second-order valence-electron chi connectivity index (χ2n) is 6.01. The Morgan fingerprint density at radius 1 is 1.16 bits per heavy atom. The number of hydrogen-bond acceptors (Lipinski definition) is 2. The monoisotopic (exact) mass is 259 g/mol. The molecular weight excluding hydrogens is 234 g/mol. The molecule has 0 amide bonds. The lowest BCUT2D eigenvalue weighted by atomic mass is 9.78. The standard InChI is InChI=1S/C17H25NO/c1-18-17(14-8-10-19-11-9-14)16-7-3-6-15(12-16)13-4-2-5-13/h3,6-7,12-14,17-18H,2,4-5,8-11H2,1H3. The molecule has 19 heavy (non-hydrogen) atoms. The van der Waals surface area contributed by atoms with Crippen LogP contribution in [0.3, 0.4) is 0 Å². The zero-order chi connectivity index (χ0) is 13.1. The Morgan fingerprint density at radius 2 is 1.95 bits per heavy atom. The Balaban J connectivity index is 1.77. The lowest BCUT2D eigenvalue weighted by Crippen LogP contribution is -2.30. The highest BCUT2D eigenvalue weighted by Crippen LogP contribution is 2.38. The van der Waals surface area contributed by atoms with Gasteiger partial charge in [-0.25, -0.2) is 0 Å². The molecule has 0 aromatic heterocycles. The predicted octanol–water partition coefficient (Wildman–Crippen LogP) is 3.64. The Morgan fingerprint density at radius 3 is 2.58 bits per heavy atom. The van der Waals surface area contributed by atoms with Crippen molar-refractivity contribution in [3.05, 3.63) is 35.4 Å². The minimum atomic E-state index is 0.490. The number of benzene rings is 1. The van der Waals surface area contributed by atoms with Crippen molar-refractivity contribution in [1.82, 2.24) is 5.32 Å². The molecule has 1 aliphatic heterocycles. The van der Waals surface area contributed by atoms with E-state index >= 15 is 0 Å². The van der Waals surface area contributed by atoms with Crippen LogP contribution in [-0.4, -0.2) is 20.3 Å². The summed E-state index contributed by atoms with van der Waals surface area (Å²) in [4.78, 5) is 0. The van der Waals surface area contributed by atoms with Gasteiger partial charge < -0.3 is 10.1 Å². The van der Waals surface area contributed by atoms with Crippen LogP contribution in [0.5, 0.6) is 0 Å². The van der Waals surface area contributed by atoms with Gasteiger partial charge in [0.15, 0.2) is 0 Å². The van der Waals surface area contributed by atoms with Gasteiger partial charge in [0.25, 0.3) is 0 Å². The molecule has 2 aliphatic rings. The van der Waals surface area contributed by atoms with Gasteiger partial charge >= 0.3 is 0 Å². The first-order valence-corrected chi connectivity index (χ1v) is 7.73. The Labute approximate surface area is 116 Å². The first-order chi connectivity index (χ1) is 9.38. The fourth-order valence-corrected chi connectivity index (χ4v) is 3.47. The molecule has 1 N–H and O–H groups in total. The smallest absolute Gasteiger partial charge is 0.0469 e. The summed E-state index contributed by atoms with van der Waals surface area (Å²) in [5.41, 5.74) is 3.02. The highest BCUT2D eigenvalue weighted by atomic mass is 16.5. The van der Waals surface area contributed by atoms with Crippen molar-refractivity contribution in [2.45, 2.75) is 44.1 Å². The van der Waals surface area contributed by atoms with E-state index in [9.17, 15) is 0 Å². The summed E-state index contributed by atoms with van der Waals surface area (Å²) in [6.45, 7) is 1.84. The van der Waals surface area contributed by atoms with Gasteiger partial charge in [-0.15, -0.1) is 0 Å². The quantitative estimate of drug-likeness (QED) is 0.891. The van der Waals surface area contributed by atoms with Gasteiger partial charge in [0.05, 0.1) is 0 Å². The van der Waals surface area contributed by atoms with E-state index in [-0.39, 0.29) is 0 Å². The van der Waals surface area contributed by atoms with Crippen LogP contribution >= 0.6 is 0 Å². The molecule has 1 aromatic rings. The van der Waals surface area contributed by atoms with E-state index in [0.717, 1.165) is 25.0 Å². The van der Waals surface area contributed by atoms with Crippen molar-refractivity contribution in [3.8, 4) is 0 Å². The maximum absolute atomic E-state index is 5.49. The maximum Gasteiger partial charge on any atom is 0.0469 e. The highest BCUT2D eigenvalue weighted by molar-refractivity contribution is 5.30. The third kappa shape index (κ3) is 2.85. The fraction of sp³-hybridized carbons (Fsp3) is 0.647. The van der Waals surface area contributed by atoms with Crippen molar-refractivity contribution in [1.29, 1.82) is 0 Å². The van der Waals surface area contributed by atoms with Gasteiger partial charge in [-0.2, -0.15) is 0 Å². The molecule has 1 atom stereocenters. The van der Waals surface area contributed by atoms with E-state index in [2.05, 4.69) is 36.6 Å². The molecule has 1 saturated carbocycles. The predicted molar refractivity (Wildman–Crippen MR) is 78.4 cm³/mol. The summed E-state index contributed by atoms with van der Waals surface area (Å²) >= 11 is 0. The van der Waals surface area contributed by atoms with E-state index in [0.29, 0.717) is 6.04 Å². The van der Waals surface area contributed by atoms with Crippen molar-refractivity contribution >= 4 is 0 Å². The van der Waals surface area contributed by atoms with Crippen molar-refractivity contribution in [2.24, 2.45) is 5.92 Å². The average Bonchev–Trinajstić information content (AvgIpc) is 2.39. The van der Waals surface area contributed by atoms with Gasteiger partial charge in [0.2, 0.25) is 0 Å². The van der Waals surface area contributed by atoms with Crippen LogP contribution in [0.15, 0.2) is 24.3 Å². The summed E-state index contributed by atoms with van der Waals surface area (Å²) in [6.07, 6.45) is 6.53. The van der Waals surface area contributed by atoms with Crippen LogP contribution in [0.2, 0.25) is 0 Å². The summed E-state index contributed by atoms with van der Waals surface area (Å²) in [6, 6.07) is 9.78. The average molecular weight is 259 g/mol. The van der Waals surface area contributed by atoms with Gasteiger partial charge in [0.1, 0.15) is 0 Å². The van der Waals surface area contributed by atoms with Crippen LogP contribution in [0, 0.1) is 5.92 Å². The van der Waals surface area contributed by atoms with Gasteiger partial charge in [-0.3, -0.25) is 0 Å². The summed E-state index contributed by atoms with van der Waals surface area (Å²) in [5.74, 6) is 1.54. The normalized spacial score (nSPS) is 23.0. The van der Waals surface area contributed by atoms with Crippen LogP contribution in [0.4, 0.5) is 0 Å². The van der Waals surface area contributed by atoms with Crippen molar-refractivity contribution < 1.29 is 4.74 Å². The molecule has 104 valence electrons. The molecule has 1 saturated heterocycles. The van der Waals surface area contributed by atoms with Crippen molar-refractivity contribution in [2.75, 3.05) is 20.3 Å². The Bertz CT molecular complexity index is 407. The zero-order valence-electron chi connectivity index (χ0n) is 11.9. The molecule has 2 fully saturated rings. The second-order valence-corrected chi connectivity index (χ2v) is 6.01. The summed E-state index contributed by atoms with van der Waals surface area (Å²) in [5, 5.41) is 3.53. The highest BCUT2D eigenvalue weighted by Gasteiger charge is 2.25. The van der Waals surface area contributed by atoms with Gasteiger partial charge in [-0.05, 0) is 55.7 Å². The first kappa shape index (κ1) is 13.1. The maximum atomic E-state index is 5.49. The minimum absolute atomic E-state index is 0.490. The minimum Gasteiger partial charge on any atom is -0.381 e. The fourth-order valence-electron chi connectivity index (χ4n) is 3.47. The van der Waals surface area contributed by atoms with E-state index in [1.165, 1.54) is 37.7 Å². The molecule has 1 heterocycles. The first-order valence-electron chi connectivity index (χ1n) is 7.73. The molecule has 3 rings (SSSR count). The van der Waals surface area contributed by atoms with Gasteiger partial charge in [0, 0.05) is 19.3 Å². The van der Waals surface area contributed by atoms with Crippen LogP contribution in [-0.2, 0) is 4.74 Å². The van der Waals surface area contributed by atoms with Crippen LogP contribution < -0.4 is 5.32 Å². The lowest BCUT2D eigenvalue weighted by molar-refractivity contribution is 0.0546. The number of rotatable bonds is 4. The van der Waals surface area contributed by atoms with Crippen LogP contribution in [0.1, 0.15) is 55.2 Å². The SMILES string of the molecule is CNC(c1cccc(C2CCC2)c1)C1CCOCC1. The molecule has 1 aliphatic carbocycles.